The van der Waals surface area contributed by atoms with Crippen LogP contribution < -0.4 is 10.5 Å². The van der Waals surface area contributed by atoms with E-state index in [-0.39, 0.29) is 11.8 Å². The van der Waals surface area contributed by atoms with Crippen molar-refractivity contribution in [2.45, 2.75) is 26.8 Å². The lowest BCUT2D eigenvalue weighted by atomic mass is 10.0. The number of piperazine rings is 1. The van der Waals surface area contributed by atoms with Crippen molar-refractivity contribution in [1.82, 2.24) is 4.90 Å². The molecule has 0 unspecified atom stereocenters. The molecular formula is C19H25N2O5+. The van der Waals surface area contributed by atoms with Crippen LogP contribution in [0, 0.1) is 0 Å². The Hall–Kier alpha value is -2.54. The zero-order chi connectivity index (χ0) is 18.7. The molecule has 2 aromatic rings. The van der Waals surface area contributed by atoms with Crippen molar-refractivity contribution in [1.29, 1.82) is 0 Å². The van der Waals surface area contributed by atoms with Gasteiger partial charge in [-0.05, 0) is 25.0 Å². The van der Waals surface area contributed by atoms with Gasteiger partial charge in [-0.2, -0.15) is 0 Å². The Morgan fingerprint density at radius 2 is 1.96 bits per heavy atom. The van der Waals surface area contributed by atoms with E-state index in [1.165, 1.54) is 17.0 Å². The Bertz CT molecular complexity index is 853. The molecule has 140 valence electrons. The summed E-state index contributed by atoms with van der Waals surface area (Å²) in [6.07, 6.45) is 0.436. The lowest BCUT2D eigenvalue weighted by Crippen LogP contribution is -3.13. The average molecular weight is 361 g/mol. The third-order valence-electron chi connectivity index (χ3n) is 4.85. The average Bonchev–Trinajstić information content (AvgIpc) is 2.62. The van der Waals surface area contributed by atoms with Gasteiger partial charge in [0.15, 0.2) is 0 Å². The van der Waals surface area contributed by atoms with Crippen LogP contribution in [0.5, 0.6) is 5.75 Å². The molecule has 1 amide bonds. The third kappa shape index (κ3) is 3.83. The molecule has 0 atom stereocenters. The largest absolute Gasteiger partial charge is 0.508 e. The number of phenols is 1. The number of amides is 1. The molecule has 0 aliphatic carbocycles. The quantitative estimate of drug-likeness (QED) is 0.791. The number of rotatable bonds is 4. The van der Waals surface area contributed by atoms with Gasteiger partial charge in [0.2, 0.25) is 0 Å². The van der Waals surface area contributed by atoms with Gasteiger partial charge in [-0.1, -0.05) is 6.92 Å². The van der Waals surface area contributed by atoms with Gasteiger partial charge in [0.25, 0.3) is 0 Å². The van der Waals surface area contributed by atoms with Gasteiger partial charge < -0.3 is 19.2 Å². The molecule has 7 nitrogen and oxygen atoms in total. The van der Waals surface area contributed by atoms with Gasteiger partial charge in [-0.15, -0.1) is 0 Å². The van der Waals surface area contributed by atoms with Gasteiger partial charge in [0.1, 0.15) is 17.9 Å². The fraction of sp³-hybridized carbons (Fsp3) is 0.474. The van der Waals surface area contributed by atoms with Crippen molar-refractivity contribution in [2.24, 2.45) is 0 Å². The van der Waals surface area contributed by atoms with Crippen LogP contribution in [-0.4, -0.2) is 48.9 Å². The van der Waals surface area contributed by atoms with Gasteiger partial charge in [0, 0.05) is 23.1 Å². The predicted octanol–water partition coefficient (Wildman–Crippen LogP) is 0.918. The summed E-state index contributed by atoms with van der Waals surface area (Å²) in [6, 6.07) is 4.95. The molecule has 1 aromatic heterocycles. The first-order valence-electron chi connectivity index (χ1n) is 9.05. The number of benzene rings is 1. The molecule has 0 saturated carbocycles. The third-order valence-corrected chi connectivity index (χ3v) is 4.85. The summed E-state index contributed by atoms with van der Waals surface area (Å²) in [5, 5.41) is 10.9. The van der Waals surface area contributed by atoms with E-state index < -0.39 is 5.63 Å². The number of phenolic OH excluding ortho intramolecular Hbond substituents is 1. The zero-order valence-corrected chi connectivity index (χ0v) is 15.2. The monoisotopic (exact) mass is 361 g/mol. The highest BCUT2D eigenvalue weighted by Crippen LogP contribution is 2.26. The lowest BCUT2D eigenvalue weighted by molar-refractivity contribution is -0.917. The maximum Gasteiger partial charge on any atom is 0.410 e. The Morgan fingerprint density at radius 1 is 1.23 bits per heavy atom. The Balaban J connectivity index is 1.79. The number of ether oxygens (including phenoxy) is 1. The van der Waals surface area contributed by atoms with E-state index in [0.29, 0.717) is 38.2 Å². The number of nitrogens with zero attached hydrogens (tertiary/aromatic N) is 1. The van der Waals surface area contributed by atoms with Crippen LogP contribution in [0.15, 0.2) is 27.4 Å². The standard InChI is InChI=1S/C19H24N2O5/c1-3-13-9-15-14(10-18(23)26-17(15)11-16(13)22)12-20-5-7-21(8-6-20)19(24)25-4-2/h9-11,22H,3-8,12H2,1-2H3/p+1. The highest BCUT2D eigenvalue weighted by molar-refractivity contribution is 5.82. The summed E-state index contributed by atoms with van der Waals surface area (Å²) in [6.45, 7) is 7.67. The second kappa shape index (κ2) is 7.78. The van der Waals surface area contributed by atoms with E-state index in [1.807, 2.05) is 13.0 Å². The molecule has 3 rings (SSSR count). The number of hydrogen-bond donors (Lipinski definition) is 2. The van der Waals surface area contributed by atoms with Crippen LogP contribution in [0.1, 0.15) is 25.0 Å². The predicted molar refractivity (Wildman–Crippen MR) is 96.5 cm³/mol. The molecule has 0 radical (unpaired) electrons. The first kappa shape index (κ1) is 18.3. The van der Waals surface area contributed by atoms with Gasteiger partial charge in [-0.3, -0.25) is 4.90 Å². The maximum atomic E-state index is 11.9. The van der Waals surface area contributed by atoms with Crippen LogP contribution >= 0.6 is 0 Å². The number of carbonyl (C=O) groups excluding carboxylic acids is 1. The minimum Gasteiger partial charge on any atom is -0.508 e. The van der Waals surface area contributed by atoms with Crippen molar-refractivity contribution in [3.63, 3.8) is 0 Å². The van der Waals surface area contributed by atoms with Crippen molar-refractivity contribution in [3.05, 3.63) is 39.7 Å². The van der Waals surface area contributed by atoms with Gasteiger partial charge in [0.05, 0.1) is 32.8 Å². The molecular weight excluding hydrogens is 336 g/mol. The fourth-order valence-electron chi connectivity index (χ4n) is 3.40. The highest BCUT2D eigenvalue weighted by Gasteiger charge is 2.25. The second-order valence-corrected chi connectivity index (χ2v) is 6.53. The smallest absolute Gasteiger partial charge is 0.410 e. The summed E-state index contributed by atoms with van der Waals surface area (Å²) >= 11 is 0. The van der Waals surface area contributed by atoms with E-state index in [2.05, 4.69) is 0 Å². The molecule has 0 bridgehead atoms. The minimum atomic E-state index is -0.416. The molecule has 1 saturated heterocycles. The summed E-state index contributed by atoms with van der Waals surface area (Å²) in [4.78, 5) is 26.7. The molecule has 1 aliphatic rings. The van der Waals surface area contributed by atoms with E-state index in [0.717, 1.165) is 29.6 Å². The molecule has 0 spiro atoms. The normalized spacial score (nSPS) is 15.4. The van der Waals surface area contributed by atoms with Crippen LogP contribution in [0.25, 0.3) is 11.0 Å². The van der Waals surface area contributed by atoms with Gasteiger partial charge in [-0.25, -0.2) is 9.59 Å². The van der Waals surface area contributed by atoms with Crippen molar-refractivity contribution < 1.29 is 24.0 Å². The molecule has 1 aliphatic heterocycles. The first-order valence-corrected chi connectivity index (χ1v) is 9.05. The van der Waals surface area contributed by atoms with Crippen molar-refractivity contribution in [2.75, 3.05) is 32.8 Å². The van der Waals surface area contributed by atoms with Crippen LogP contribution in [0.3, 0.4) is 0 Å². The molecule has 26 heavy (non-hydrogen) atoms. The molecule has 1 fully saturated rings. The number of hydrogen-bond acceptors (Lipinski definition) is 5. The number of aromatic hydroxyl groups is 1. The highest BCUT2D eigenvalue weighted by atomic mass is 16.6. The van der Waals surface area contributed by atoms with Crippen LogP contribution in [0.2, 0.25) is 0 Å². The zero-order valence-electron chi connectivity index (χ0n) is 15.2. The van der Waals surface area contributed by atoms with Gasteiger partial charge >= 0.3 is 11.7 Å². The molecule has 1 aromatic carbocycles. The van der Waals surface area contributed by atoms with E-state index >= 15 is 0 Å². The van der Waals surface area contributed by atoms with E-state index in [1.54, 1.807) is 11.8 Å². The Kier molecular flexibility index (Phi) is 5.46. The molecule has 2 heterocycles. The fourth-order valence-corrected chi connectivity index (χ4v) is 3.40. The Morgan fingerprint density at radius 3 is 2.62 bits per heavy atom. The van der Waals surface area contributed by atoms with Crippen LogP contribution in [0.4, 0.5) is 4.79 Å². The van der Waals surface area contributed by atoms with Crippen molar-refractivity contribution >= 4 is 17.1 Å². The summed E-state index contributed by atoms with van der Waals surface area (Å²) < 4.78 is 10.3. The van der Waals surface area contributed by atoms with Crippen molar-refractivity contribution in [3.8, 4) is 5.75 Å². The van der Waals surface area contributed by atoms with E-state index in [9.17, 15) is 14.7 Å². The minimum absolute atomic E-state index is 0.149. The molecule has 7 heteroatoms. The maximum absolute atomic E-state index is 11.9. The number of fused-ring (bicyclic) bond motifs is 1. The molecule has 2 N–H and O–H groups in total. The number of quaternary nitrogens is 1. The summed E-state index contributed by atoms with van der Waals surface area (Å²) in [7, 11) is 0. The lowest BCUT2D eigenvalue weighted by Gasteiger charge is -2.31. The Labute approximate surface area is 151 Å². The second-order valence-electron chi connectivity index (χ2n) is 6.53. The number of nitrogens with one attached hydrogen (secondary N) is 1. The summed E-state index contributed by atoms with van der Waals surface area (Å²) in [5.74, 6) is 0.149. The topological polar surface area (TPSA) is 84.4 Å². The SMILES string of the molecule is CCOC(=O)N1CC[NH+](Cc2cc(=O)oc3cc(O)c(CC)cc23)CC1. The summed E-state index contributed by atoms with van der Waals surface area (Å²) in [5.41, 5.74) is 1.73. The number of aryl methyl sites for hydroxylation is 1. The van der Waals surface area contributed by atoms with E-state index in [4.69, 9.17) is 9.15 Å². The number of carbonyl (C=O) groups is 1. The van der Waals surface area contributed by atoms with Crippen LogP contribution in [-0.2, 0) is 17.7 Å². The first-order chi connectivity index (χ1) is 12.5.